The molecule has 8 heteroatoms. The van der Waals surface area contributed by atoms with Crippen LogP contribution < -0.4 is 0 Å². The number of hydrogen-bond donors (Lipinski definition) is 1. The molecule has 4 aliphatic heterocycles. The number of nitrogens with zero attached hydrogens (tertiary/aromatic N) is 3. The molecule has 41 heavy (non-hydrogen) atoms. The monoisotopic (exact) mass is 563 g/mol. The molecule has 0 saturated carbocycles. The molecule has 5 rings (SSSR count). The van der Waals surface area contributed by atoms with E-state index in [0.717, 1.165) is 12.0 Å². The Morgan fingerprint density at radius 2 is 1.61 bits per heavy atom. The van der Waals surface area contributed by atoms with Gasteiger partial charge >= 0.3 is 0 Å². The zero-order valence-corrected chi connectivity index (χ0v) is 25.3. The van der Waals surface area contributed by atoms with Crippen molar-refractivity contribution in [3.8, 4) is 0 Å². The molecule has 8 nitrogen and oxygen atoms in total. The molecular formula is C33H45N3O5. The summed E-state index contributed by atoms with van der Waals surface area (Å²) >= 11 is 0. The van der Waals surface area contributed by atoms with E-state index < -0.39 is 34.6 Å². The fourth-order valence-corrected chi connectivity index (χ4v) is 7.94. The molecule has 1 aromatic carbocycles. The molecule has 222 valence electrons. The summed E-state index contributed by atoms with van der Waals surface area (Å²) in [6, 6.07) is 8.90. The maximum absolute atomic E-state index is 14.6. The lowest BCUT2D eigenvalue weighted by molar-refractivity contribution is -0.156. The molecule has 2 saturated heterocycles. The van der Waals surface area contributed by atoms with Crippen molar-refractivity contribution in [2.75, 3.05) is 26.2 Å². The average molecular weight is 564 g/mol. The quantitative estimate of drug-likeness (QED) is 0.513. The van der Waals surface area contributed by atoms with Crippen molar-refractivity contribution >= 4 is 17.7 Å². The second-order valence-electron chi connectivity index (χ2n) is 14.1. The van der Waals surface area contributed by atoms with Gasteiger partial charge in [0.2, 0.25) is 17.7 Å². The first-order chi connectivity index (χ1) is 19.2. The van der Waals surface area contributed by atoms with Gasteiger partial charge in [0, 0.05) is 38.3 Å². The summed E-state index contributed by atoms with van der Waals surface area (Å²) in [6.07, 6.45) is 8.81. The van der Waals surface area contributed by atoms with E-state index in [0.29, 0.717) is 26.1 Å². The van der Waals surface area contributed by atoms with Crippen LogP contribution in [0.4, 0.5) is 0 Å². The van der Waals surface area contributed by atoms with E-state index >= 15 is 0 Å². The number of rotatable bonds is 7. The first kappa shape index (κ1) is 29.5. The van der Waals surface area contributed by atoms with Gasteiger partial charge in [0.05, 0.1) is 17.4 Å². The number of benzene rings is 1. The lowest BCUT2D eigenvalue weighted by Gasteiger charge is -2.44. The zero-order valence-electron chi connectivity index (χ0n) is 25.3. The molecule has 2 fully saturated rings. The Kier molecular flexibility index (Phi) is 7.48. The molecule has 4 heterocycles. The number of aliphatic hydroxyl groups excluding tert-OH is 1. The number of ether oxygens (including phenoxy) is 1. The van der Waals surface area contributed by atoms with E-state index in [1.807, 2.05) is 66.5 Å². The highest BCUT2D eigenvalue weighted by Gasteiger charge is 2.74. The number of amides is 3. The summed E-state index contributed by atoms with van der Waals surface area (Å²) in [7, 11) is 0. The second-order valence-corrected chi connectivity index (χ2v) is 14.1. The number of carbonyl (C=O) groups is 3. The van der Waals surface area contributed by atoms with Gasteiger partial charge in [-0.05, 0) is 44.6 Å². The van der Waals surface area contributed by atoms with Crippen molar-refractivity contribution in [2.24, 2.45) is 17.3 Å². The van der Waals surface area contributed by atoms with Crippen molar-refractivity contribution in [3.05, 3.63) is 60.2 Å². The van der Waals surface area contributed by atoms with Crippen molar-refractivity contribution < 1.29 is 24.2 Å². The lowest BCUT2D eigenvalue weighted by atomic mass is 9.74. The van der Waals surface area contributed by atoms with Crippen molar-refractivity contribution in [1.82, 2.24) is 14.7 Å². The molecule has 0 radical (unpaired) electrons. The van der Waals surface area contributed by atoms with Crippen LogP contribution in [0.1, 0.15) is 59.9 Å². The SMILES string of the molecule is CC(C)(C)CC(C)(C)N1CC=C[C@]23O[C@@]4(C)C=CCN(Cc5ccccc5)C(=O)[C@H]4[C@H]2C(=O)N(CCCO)C3C1=O. The summed E-state index contributed by atoms with van der Waals surface area (Å²) in [5, 5.41) is 9.67. The van der Waals surface area contributed by atoms with E-state index in [1.165, 1.54) is 0 Å². The zero-order chi connectivity index (χ0) is 29.8. The second kappa shape index (κ2) is 10.4. The maximum atomic E-state index is 14.6. The molecule has 5 atom stereocenters. The number of hydrogen-bond acceptors (Lipinski definition) is 5. The number of fused-ring (bicyclic) bond motifs is 2. The van der Waals surface area contributed by atoms with Gasteiger partial charge in [-0.1, -0.05) is 75.4 Å². The third kappa shape index (κ3) is 5.03. The Morgan fingerprint density at radius 3 is 2.27 bits per heavy atom. The highest BCUT2D eigenvalue weighted by atomic mass is 16.5. The van der Waals surface area contributed by atoms with Crippen LogP contribution in [0.5, 0.6) is 0 Å². The minimum atomic E-state index is -1.29. The van der Waals surface area contributed by atoms with Gasteiger partial charge in [-0.3, -0.25) is 14.4 Å². The summed E-state index contributed by atoms with van der Waals surface area (Å²) in [4.78, 5) is 48.6. The highest BCUT2D eigenvalue weighted by Crippen LogP contribution is 2.57. The molecule has 1 N–H and O–H groups in total. The van der Waals surface area contributed by atoms with Crippen molar-refractivity contribution in [1.29, 1.82) is 0 Å². The van der Waals surface area contributed by atoms with Crippen LogP contribution in [0.25, 0.3) is 0 Å². The van der Waals surface area contributed by atoms with Gasteiger partial charge in [0.15, 0.2) is 0 Å². The Morgan fingerprint density at radius 1 is 0.927 bits per heavy atom. The van der Waals surface area contributed by atoms with E-state index in [9.17, 15) is 19.5 Å². The minimum absolute atomic E-state index is 0.0218. The lowest BCUT2D eigenvalue weighted by Crippen LogP contribution is -2.60. The Hall–Kier alpha value is -2.97. The average Bonchev–Trinajstić information content (AvgIpc) is 3.14. The van der Waals surface area contributed by atoms with E-state index in [1.54, 1.807) is 9.80 Å². The predicted octanol–water partition coefficient (Wildman–Crippen LogP) is 3.55. The Labute approximate surface area is 244 Å². The fraction of sp³-hybridized carbons (Fsp3) is 0.606. The topological polar surface area (TPSA) is 90.4 Å². The van der Waals surface area contributed by atoms with Crippen LogP contribution in [-0.4, -0.2) is 86.6 Å². The fourth-order valence-electron chi connectivity index (χ4n) is 7.94. The largest absolute Gasteiger partial charge is 0.396 e. The molecule has 3 amide bonds. The summed E-state index contributed by atoms with van der Waals surface area (Å²) in [6.45, 7) is 13.8. The summed E-state index contributed by atoms with van der Waals surface area (Å²) in [5.74, 6) is -2.21. The standard InChI is InChI=1S/C33H45N3O5/c1-30(2,3)22-31(4,5)36-19-11-16-33-25(28(39)35(18-12-20-37)26(33)29(36)40)24-27(38)34(17-10-15-32(24,6)41-33)21-23-13-8-7-9-14-23/h7-11,13-16,24-26,37H,12,17-22H2,1-6H3/t24-,25+,26?,32+,33+/m1/s1. The minimum Gasteiger partial charge on any atom is -0.396 e. The van der Waals surface area contributed by atoms with Gasteiger partial charge in [-0.25, -0.2) is 0 Å². The van der Waals surface area contributed by atoms with Gasteiger partial charge in [0.25, 0.3) is 0 Å². The van der Waals surface area contributed by atoms with Crippen molar-refractivity contribution in [2.45, 2.75) is 83.7 Å². The Bertz CT molecular complexity index is 1250. The molecular weight excluding hydrogens is 518 g/mol. The predicted molar refractivity (Wildman–Crippen MR) is 156 cm³/mol. The van der Waals surface area contributed by atoms with Crippen molar-refractivity contribution in [3.63, 3.8) is 0 Å². The Balaban J connectivity index is 1.57. The molecule has 0 bridgehead atoms. The molecule has 1 spiro atoms. The van der Waals surface area contributed by atoms with Crippen LogP contribution in [-0.2, 0) is 25.7 Å². The number of carbonyl (C=O) groups excluding carboxylic acids is 3. The summed E-state index contributed by atoms with van der Waals surface area (Å²) in [5.41, 5.74) is -1.83. The smallest absolute Gasteiger partial charge is 0.249 e. The highest BCUT2D eigenvalue weighted by molar-refractivity contribution is 6.00. The van der Waals surface area contributed by atoms with E-state index in [4.69, 9.17) is 4.74 Å². The molecule has 1 unspecified atom stereocenters. The van der Waals surface area contributed by atoms with E-state index in [2.05, 4.69) is 34.6 Å². The molecule has 0 aliphatic carbocycles. The van der Waals surface area contributed by atoms with Gasteiger partial charge in [0.1, 0.15) is 11.6 Å². The molecule has 0 aromatic heterocycles. The number of aliphatic hydroxyl groups is 1. The van der Waals surface area contributed by atoms with Gasteiger partial charge in [-0.15, -0.1) is 0 Å². The normalized spacial score (nSPS) is 31.7. The van der Waals surface area contributed by atoms with Crippen LogP contribution in [0.2, 0.25) is 0 Å². The van der Waals surface area contributed by atoms with Crippen LogP contribution in [0.3, 0.4) is 0 Å². The number of likely N-dealkylation sites (tertiary alicyclic amines) is 1. The van der Waals surface area contributed by atoms with E-state index in [-0.39, 0.29) is 36.3 Å². The molecule has 1 aromatic rings. The first-order valence-electron chi connectivity index (χ1n) is 14.9. The third-order valence-electron chi connectivity index (χ3n) is 9.11. The van der Waals surface area contributed by atoms with Gasteiger partial charge in [-0.2, -0.15) is 0 Å². The first-order valence-corrected chi connectivity index (χ1v) is 14.9. The third-order valence-corrected chi connectivity index (χ3v) is 9.11. The molecule has 4 aliphatic rings. The summed E-state index contributed by atoms with van der Waals surface area (Å²) < 4.78 is 6.92. The van der Waals surface area contributed by atoms with Crippen LogP contribution in [0.15, 0.2) is 54.6 Å². The van der Waals surface area contributed by atoms with Crippen LogP contribution in [0, 0.1) is 17.3 Å². The maximum Gasteiger partial charge on any atom is 0.249 e. The van der Waals surface area contributed by atoms with Gasteiger partial charge < -0.3 is 24.5 Å². The van der Waals surface area contributed by atoms with Crippen LogP contribution >= 0.6 is 0 Å².